The lowest BCUT2D eigenvalue weighted by Crippen LogP contribution is -2.49. The van der Waals surface area contributed by atoms with Crippen LogP contribution in [0.5, 0.6) is 5.75 Å². The van der Waals surface area contributed by atoms with Crippen molar-refractivity contribution >= 4 is 29.2 Å². The van der Waals surface area contributed by atoms with Gasteiger partial charge in [-0.3, -0.25) is 4.79 Å². The van der Waals surface area contributed by atoms with Gasteiger partial charge in [0, 0.05) is 44.2 Å². The fourth-order valence-electron chi connectivity index (χ4n) is 7.85. The number of amides is 1. The predicted molar refractivity (Wildman–Crippen MR) is 169 cm³/mol. The number of methoxy groups -OCH3 is 1. The average molecular weight is 623 g/mol. The standard InChI is InChI=1S/C35H43ClN2O6/c1-22-6-12-30(43-3)27-10-7-24(27)19-38-20-34(14-4-5-23-15-26(36)9-11-28(23)34)21-44-31-13-8-25(16-29(31)38)35(42,33(40)41)17-32(39)37(2)18-22/h6,8-9,11-13,15-16,22,24,27,30,42H,4-5,7,10,14,17-21H2,1-3H3,(H,40,41)/b12-6+/t22?,24-,27+,30?,34-,35-/m0/s1. The lowest BCUT2D eigenvalue weighted by atomic mass is 9.68. The summed E-state index contributed by atoms with van der Waals surface area (Å²) >= 11 is 6.41. The van der Waals surface area contributed by atoms with Gasteiger partial charge in [-0.1, -0.05) is 42.8 Å². The Kier molecular flexibility index (Phi) is 8.46. The maximum Gasteiger partial charge on any atom is 0.340 e. The Balaban J connectivity index is 1.47. The van der Waals surface area contributed by atoms with Gasteiger partial charge < -0.3 is 29.5 Å². The number of hydrogen-bond donors (Lipinski definition) is 2. The highest BCUT2D eigenvalue weighted by atomic mass is 35.5. The van der Waals surface area contributed by atoms with Gasteiger partial charge in [-0.05, 0) is 90.8 Å². The van der Waals surface area contributed by atoms with E-state index in [0.717, 1.165) is 49.4 Å². The fraction of sp³-hybridized carbons (Fsp3) is 0.543. The molecule has 2 heterocycles. The highest BCUT2D eigenvalue weighted by molar-refractivity contribution is 6.30. The molecule has 1 spiro atoms. The summed E-state index contributed by atoms with van der Waals surface area (Å²) in [5.41, 5.74) is 0.746. The molecule has 9 heteroatoms. The van der Waals surface area contributed by atoms with Gasteiger partial charge in [0.25, 0.3) is 0 Å². The zero-order valence-corrected chi connectivity index (χ0v) is 26.6. The van der Waals surface area contributed by atoms with E-state index in [-0.39, 0.29) is 23.0 Å². The smallest absolute Gasteiger partial charge is 0.340 e. The van der Waals surface area contributed by atoms with Crippen molar-refractivity contribution < 1.29 is 29.3 Å². The van der Waals surface area contributed by atoms with Crippen LogP contribution in [0, 0.1) is 17.8 Å². The molecule has 8 nitrogen and oxygen atoms in total. The van der Waals surface area contributed by atoms with Crippen LogP contribution in [0.3, 0.4) is 0 Å². The zero-order valence-electron chi connectivity index (χ0n) is 25.8. The fourth-order valence-corrected chi connectivity index (χ4v) is 8.05. The van der Waals surface area contributed by atoms with Crippen molar-refractivity contribution in [1.82, 2.24) is 4.90 Å². The largest absolute Gasteiger partial charge is 0.490 e. The molecule has 6 rings (SSSR count). The Morgan fingerprint density at radius 2 is 1.95 bits per heavy atom. The summed E-state index contributed by atoms with van der Waals surface area (Å²) in [6.45, 7) is 4.32. The van der Waals surface area contributed by atoms with Crippen LogP contribution in [-0.2, 0) is 31.8 Å². The topological polar surface area (TPSA) is 99.5 Å². The minimum Gasteiger partial charge on any atom is -0.490 e. The Labute approximate surface area is 264 Å². The molecular formula is C35H43ClN2O6. The Morgan fingerprint density at radius 1 is 1.14 bits per heavy atom. The van der Waals surface area contributed by atoms with E-state index in [0.29, 0.717) is 37.3 Å². The van der Waals surface area contributed by atoms with Gasteiger partial charge in [0.1, 0.15) is 5.75 Å². The second-order valence-electron chi connectivity index (χ2n) is 13.5. The van der Waals surface area contributed by atoms with E-state index in [2.05, 4.69) is 29.2 Å². The van der Waals surface area contributed by atoms with Gasteiger partial charge in [0.2, 0.25) is 5.91 Å². The third-order valence-corrected chi connectivity index (χ3v) is 10.8. The number of aryl methyl sites for hydroxylation is 1. The number of rotatable bonds is 2. The summed E-state index contributed by atoms with van der Waals surface area (Å²) in [5.74, 6) is -0.530. The van der Waals surface area contributed by atoms with E-state index < -0.39 is 23.9 Å². The number of halogens is 1. The van der Waals surface area contributed by atoms with Crippen LogP contribution in [0.2, 0.25) is 5.02 Å². The summed E-state index contributed by atoms with van der Waals surface area (Å²) in [7, 11) is 3.41. The highest BCUT2D eigenvalue weighted by Gasteiger charge is 2.46. The molecular weight excluding hydrogens is 580 g/mol. The van der Waals surface area contributed by atoms with Crippen molar-refractivity contribution in [2.45, 2.75) is 62.6 Å². The van der Waals surface area contributed by atoms with Crippen LogP contribution in [0.4, 0.5) is 5.69 Å². The Hall–Kier alpha value is -3.07. The van der Waals surface area contributed by atoms with Crippen molar-refractivity contribution in [2.75, 3.05) is 45.3 Å². The molecule has 1 fully saturated rings. The first-order valence-corrected chi connectivity index (χ1v) is 16.1. The lowest BCUT2D eigenvalue weighted by molar-refractivity contribution is -0.164. The molecule has 1 amide bonds. The normalized spacial score (nSPS) is 33.0. The SMILES string of the molecule is COC1/C=C/C(C)CN(C)C(=O)C[C@@](O)(C(=O)O)c2ccc3c(c2)N(C[C@@H]2CC[C@@H]12)C[C@@]1(CCCc2cc(Cl)ccc21)CO3. The Bertz CT molecular complexity index is 1460. The van der Waals surface area contributed by atoms with Gasteiger partial charge in [-0.25, -0.2) is 4.79 Å². The zero-order chi connectivity index (χ0) is 31.2. The van der Waals surface area contributed by atoms with E-state index in [9.17, 15) is 19.8 Å². The number of aliphatic hydroxyl groups is 1. The predicted octanol–water partition coefficient (Wildman–Crippen LogP) is 5.18. The number of aliphatic carboxylic acids is 1. The van der Waals surface area contributed by atoms with Gasteiger partial charge in [-0.15, -0.1) is 0 Å². The van der Waals surface area contributed by atoms with E-state index >= 15 is 0 Å². The molecule has 2 aromatic carbocycles. The molecule has 2 aliphatic carbocycles. The monoisotopic (exact) mass is 622 g/mol. The molecule has 2 aliphatic heterocycles. The maximum absolute atomic E-state index is 13.3. The summed E-state index contributed by atoms with van der Waals surface area (Å²) < 4.78 is 12.6. The van der Waals surface area contributed by atoms with Crippen molar-refractivity contribution in [1.29, 1.82) is 0 Å². The number of ether oxygens (including phenoxy) is 2. The quantitative estimate of drug-likeness (QED) is 0.445. The first kappa shape index (κ1) is 30.9. The van der Waals surface area contributed by atoms with Crippen LogP contribution in [0.15, 0.2) is 48.6 Å². The first-order chi connectivity index (χ1) is 21.0. The van der Waals surface area contributed by atoms with Crippen LogP contribution >= 0.6 is 11.6 Å². The number of carbonyl (C=O) groups excluding carboxylic acids is 1. The number of carboxylic acid groups (broad SMARTS) is 1. The first-order valence-electron chi connectivity index (χ1n) is 15.7. The van der Waals surface area contributed by atoms with Gasteiger partial charge >= 0.3 is 5.97 Å². The molecule has 0 radical (unpaired) electrons. The number of carbonyl (C=O) groups is 2. The van der Waals surface area contributed by atoms with E-state index in [4.69, 9.17) is 21.1 Å². The van der Waals surface area contributed by atoms with Crippen LogP contribution in [0.1, 0.15) is 55.7 Å². The molecule has 2 unspecified atom stereocenters. The van der Waals surface area contributed by atoms with Gasteiger partial charge in [0.05, 0.1) is 24.8 Å². The van der Waals surface area contributed by atoms with Crippen LogP contribution < -0.4 is 9.64 Å². The molecule has 2 aromatic rings. The summed E-state index contributed by atoms with van der Waals surface area (Å²) in [5, 5.41) is 22.7. The number of fused-ring (bicyclic) bond motifs is 4. The van der Waals surface area contributed by atoms with E-state index in [1.807, 2.05) is 13.0 Å². The third-order valence-electron chi connectivity index (χ3n) is 10.5. The van der Waals surface area contributed by atoms with Crippen molar-refractivity contribution in [3.63, 3.8) is 0 Å². The highest BCUT2D eigenvalue weighted by Crippen LogP contribution is 2.47. The summed E-state index contributed by atoms with van der Waals surface area (Å²) in [4.78, 5) is 29.8. The second kappa shape index (κ2) is 12.0. The number of carboxylic acids is 1. The maximum atomic E-state index is 13.3. The number of anilines is 1. The van der Waals surface area contributed by atoms with Crippen molar-refractivity contribution in [3.05, 3.63) is 70.3 Å². The summed E-state index contributed by atoms with van der Waals surface area (Å²) in [6, 6.07) is 11.3. The lowest BCUT2D eigenvalue weighted by Gasteiger charge is -2.46. The molecule has 44 heavy (non-hydrogen) atoms. The average Bonchev–Trinajstić information content (AvgIpc) is 3.13. The molecule has 2 bridgehead atoms. The van der Waals surface area contributed by atoms with Gasteiger partial charge in [-0.2, -0.15) is 0 Å². The Morgan fingerprint density at radius 3 is 2.68 bits per heavy atom. The molecule has 4 aliphatic rings. The van der Waals surface area contributed by atoms with Crippen molar-refractivity contribution in [2.24, 2.45) is 17.8 Å². The molecule has 0 saturated heterocycles. The van der Waals surface area contributed by atoms with Crippen LogP contribution in [-0.4, -0.2) is 73.5 Å². The molecule has 0 aromatic heterocycles. The molecule has 6 atom stereocenters. The number of nitrogens with zero attached hydrogens (tertiary/aromatic N) is 2. The second-order valence-corrected chi connectivity index (χ2v) is 13.9. The number of hydrogen-bond acceptors (Lipinski definition) is 6. The van der Waals surface area contributed by atoms with Gasteiger partial charge in [0.15, 0.2) is 5.60 Å². The molecule has 236 valence electrons. The third kappa shape index (κ3) is 5.61. The van der Waals surface area contributed by atoms with E-state index in [1.165, 1.54) is 16.0 Å². The van der Waals surface area contributed by atoms with E-state index in [1.54, 1.807) is 32.4 Å². The van der Waals surface area contributed by atoms with Crippen molar-refractivity contribution in [3.8, 4) is 5.75 Å². The minimum absolute atomic E-state index is 0.0272. The summed E-state index contributed by atoms with van der Waals surface area (Å²) in [6.07, 6.45) is 8.66. The van der Waals surface area contributed by atoms with Crippen LogP contribution in [0.25, 0.3) is 0 Å². The molecule has 2 N–H and O–H groups in total. The minimum atomic E-state index is -2.39. The number of benzene rings is 2. The molecule has 1 saturated carbocycles.